The van der Waals surface area contributed by atoms with Crippen LogP contribution in [0.15, 0.2) is 36.5 Å². The molecular formula is C20H22Cl2N2O3. The second-order valence-corrected chi connectivity index (χ2v) is 7.99. The van der Waals surface area contributed by atoms with Crippen molar-refractivity contribution in [3.05, 3.63) is 57.8 Å². The van der Waals surface area contributed by atoms with Crippen LogP contribution in [0, 0.1) is 18.8 Å². The molecule has 1 aliphatic rings. The lowest BCUT2D eigenvalue weighted by Gasteiger charge is -2.41. The van der Waals surface area contributed by atoms with Gasteiger partial charge in [0.1, 0.15) is 0 Å². The summed E-state index contributed by atoms with van der Waals surface area (Å²) in [5, 5.41) is 24.6. The monoisotopic (exact) mass is 408 g/mol. The van der Waals surface area contributed by atoms with Gasteiger partial charge in [0.25, 0.3) is 0 Å². The maximum atomic E-state index is 13.1. The van der Waals surface area contributed by atoms with Gasteiger partial charge in [-0.25, -0.2) is 0 Å². The van der Waals surface area contributed by atoms with Crippen molar-refractivity contribution in [2.45, 2.75) is 38.4 Å². The molecule has 27 heavy (non-hydrogen) atoms. The molecule has 1 aromatic heterocycles. The Bertz CT molecular complexity index is 846. The van der Waals surface area contributed by atoms with Gasteiger partial charge in [-0.2, -0.15) is 0 Å². The molecule has 0 spiro atoms. The summed E-state index contributed by atoms with van der Waals surface area (Å²) in [6, 6.07) is 8.51. The molecule has 0 unspecified atom stereocenters. The van der Waals surface area contributed by atoms with Gasteiger partial charge in [0.2, 0.25) is 5.91 Å². The Kier molecular flexibility index (Phi) is 6.06. The first-order chi connectivity index (χ1) is 12.8. The molecule has 1 aromatic carbocycles. The van der Waals surface area contributed by atoms with E-state index >= 15 is 0 Å². The summed E-state index contributed by atoms with van der Waals surface area (Å²) in [6.45, 7) is 3.76. The second-order valence-electron chi connectivity index (χ2n) is 7.17. The Morgan fingerprint density at radius 2 is 1.93 bits per heavy atom. The van der Waals surface area contributed by atoms with E-state index in [2.05, 4.69) is 10.3 Å². The highest BCUT2D eigenvalue weighted by Crippen LogP contribution is 2.42. The fourth-order valence-electron chi connectivity index (χ4n) is 3.87. The number of hydrogen-bond acceptors (Lipinski definition) is 4. The van der Waals surface area contributed by atoms with E-state index in [1.165, 1.54) is 0 Å². The first-order valence-corrected chi connectivity index (χ1v) is 9.58. The molecule has 0 bridgehead atoms. The number of rotatable bonds is 3. The quantitative estimate of drug-likeness (QED) is 0.720. The van der Waals surface area contributed by atoms with E-state index in [0.29, 0.717) is 22.2 Å². The van der Waals surface area contributed by atoms with Crippen molar-refractivity contribution in [1.82, 2.24) is 4.98 Å². The third kappa shape index (κ3) is 4.27. The van der Waals surface area contributed by atoms with Crippen molar-refractivity contribution in [2.24, 2.45) is 11.8 Å². The van der Waals surface area contributed by atoms with Crippen LogP contribution in [0.3, 0.4) is 0 Å². The van der Waals surface area contributed by atoms with Gasteiger partial charge in [-0.15, -0.1) is 0 Å². The smallest absolute Gasteiger partial charge is 0.228 e. The number of carbonyl (C=O) groups is 1. The molecule has 2 aromatic rings. The van der Waals surface area contributed by atoms with E-state index in [1.807, 2.05) is 19.9 Å². The molecule has 0 saturated heterocycles. The third-order valence-corrected chi connectivity index (χ3v) is 5.91. The Balaban J connectivity index is 1.93. The molecule has 0 aliphatic heterocycles. The molecule has 1 amide bonds. The zero-order valence-corrected chi connectivity index (χ0v) is 16.6. The van der Waals surface area contributed by atoms with Gasteiger partial charge < -0.3 is 15.5 Å². The number of anilines is 1. The van der Waals surface area contributed by atoms with Crippen LogP contribution in [0.4, 0.5) is 5.69 Å². The lowest BCUT2D eigenvalue weighted by atomic mass is 9.67. The topological polar surface area (TPSA) is 82.5 Å². The maximum absolute atomic E-state index is 13.1. The van der Waals surface area contributed by atoms with E-state index in [1.54, 1.807) is 30.5 Å². The molecule has 3 N–H and O–H groups in total. The maximum Gasteiger partial charge on any atom is 0.228 e. The van der Waals surface area contributed by atoms with Crippen LogP contribution < -0.4 is 5.32 Å². The summed E-state index contributed by atoms with van der Waals surface area (Å²) < 4.78 is 0. The summed E-state index contributed by atoms with van der Waals surface area (Å²) >= 11 is 12.0. The van der Waals surface area contributed by atoms with Crippen molar-refractivity contribution in [2.75, 3.05) is 5.32 Å². The minimum atomic E-state index is -1.03. The fraction of sp³-hybridized carbons (Fsp3) is 0.400. The number of carbonyl (C=O) groups excluding carboxylic acids is 1. The fourth-order valence-corrected chi connectivity index (χ4v) is 4.17. The Morgan fingerprint density at radius 3 is 2.59 bits per heavy atom. The highest BCUT2D eigenvalue weighted by Gasteiger charge is 2.46. The van der Waals surface area contributed by atoms with Gasteiger partial charge in [0.15, 0.2) is 0 Å². The van der Waals surface area contributed by atoms with E-state index < -0.39 is 24.0 Å². The first kappa shape index (κ1) is 20.1. The van der Waals surface area contributed by atoms with Crippen LogP contribution in [0.25, 0.3) is 0 Å². The number of aliphatic hydroxyl groups is 2. The molecule has 144 valence electrons. The molecule has 7 heteroatoms. The van der Waals surface area contributed by atoms with E-state index in [9.17, 15) is 15.0 Å². The standard InChI is InChI=1S/C20H22Cl2N2O3/c1-10-7-16(25)19(26)18(12-5-6-23-11(2)8-12)17(10)20(27)24-13-3-4-14(21)15(22)9-13/h3-6,8-10,16-19,25-26H,7H2,1-2H3,(H,24,27)/t10-,16-,17+,18-,19+/m0/s1. The Hall–Kier alpha value is -1.66. The average molecular weight is 409 g/mol. The summed E-state index contributed by atoms with van der Waals surface area (Å²) in [6.07, 6.45) is 0.0816. The van der Waals surface area contributed by atoms with Gasteiger partial charge in [-0.05, 0) is 55.2 Å². The molecule has 3 rings (SSSR count). The molecule has 1 fully saturated rings. The number of amides is 1. The van der Waals surface area contributed by atoms with Crippen molar-refractivity contribution >= 4 is 34.8 Å². The number of aromatic nitrogens is 1. The molecule has 5 nitrogen and oxygen atoms in total. The predicted octanol–water partition coefficient (Wildman–Crippen LogP) is 3.80. The Morgan fingerprint density at radius 1 is 1.19 bits per heavy atom. The van der Waals surface area contributed by atoms with Crippen LogP contribution >= 0.6 is 23.2 Å². The number of nitrogens with zero attached hydrogens (tertiary/aromatic N) is 1. The van der Waals surface area contributed by atoms with Gasteiger partial charge in [-0.3, -0.25) is 9.78 Å². The zero-order valence-electron chi connectivity index (χ0n) is 15.1. The van der Waals surface area contributed by atoms with Gasteiger partial charge in [0.05, 0.1) is 28.2 Å². The summed E-state index contributed by atoms with van der Waals surface area (Å²) in [7, 11) is 0. The van der Waals surface area contributed by atoms with E-state index in [-0.39, 0.29) is 11.8 Å². The number of nitrogens with one attached hydrogen (secondary N) is 1. The van der Waals surface area contributed by atoms with Gasteiger partial charge in [0, 0.05) is 23.5 Å². The SMILES string of the molecule is Cc1cc([C@@H]2[C@H](O)[C@@H](O)C[C@H](C)[C@H]2C(=O)Nc2ccc(Cl)c(Cl)c2)ccn1. The van der Waals surface area contributed by atoms with Crippen molar-refractivity contribution < 1.29 is 15.0 Å². The minimum absolute atomic E-state index is 0.121. The molecular weight excluding hydrogens is 387 g/mol. The van der Waals surface area contributed by atoms with Crippen LogP contribution in [0.1, 0.15) is 30.5 Å². The lowest BCUT2D eigenvalue weighted by Crippen LogP contribution is -2.48. The summed E-state index contributed by atoms with van der Waals surface area (Å²) in [5.74, 6) is -1.40. The predicted molar refractivity (Wildman–Crippen MR) is 106 cm³/mol. The third-order valence-electron chi connectivity index (χ3n) is 5.17. The largest absolute Gasteiger partial charge is 0.390 e. The lowest BCUT2D eigenvalue weighted by molar-refractivity contribution is -0.130. The first-order valence-electron chi connectivity index (χ1n) is 8.82. The van der Waals surface area contributed by atoms with E-state index in [4.69, 9.17) is 23.2 Å². The van der Waals surface area contributed by atoms with Crippen LogP contribution in [0.2, 0.25) is 10.0 Å². The number of benzene rings is 1. The second kappa shape index (κ2) is 8.15. The number of hydrogen-bond donors (Lipinski definition) is 3. The highest BCUT2D eigenvalue weighted by atomic mass is 35.5. The molecule has 1 heterocycles. The van der Waals surface area contributed by atoms with Crippen LogP contribution in [-0.2, 0) is 4.79 Å². The molecule has 5 atom stereocenters. The summed E-state index contributed by atoms with van der Waals surface area (Å²) in [5.41, 5.74) is 2.11. The minimum Gasteiger partial charge on any atom is -0.390 e. The van der Waals surface area contributed by atoms with E-state index in [0.717, 1.165) is 11.3 Å². The zero-order chi connectivity index (χ0) is 19.7. The normalized spacial score (nSPS) is 28.0. The molecule has 0 radical (unpaired) electrons. The van der Waals surface area contributed by atoms with Crippen molar-refractivity contribution in [1.29, 1.82) is 0 Å². The van der Waals surface area contributed by atoms with Gasteiger partial charge in [-0.1, -0.05) is 30.1 Å². The molecule has 1 aliphatic carbocycles. The van der Waals surface area contributed by atoms with Gasteiger partial charge >= 0.3 is 0 Å². The molecule has 1 saturated carbocycles. The summed E-state index contributed by atoms with van der Waals surface area (Å²) in [4.78, 5) is 17.3. The Labute approximate surface area is 168 Å². The van der Waals surface area contributed by atoms with Crippen molar-refractivity contribution in [3.63, 3.8) is 0 Å². The number of pyridine rings is 1. The highest BCUT2D eigenvalue weighted by molar-refractivity contribution is 6.42. The number of aryl methyl sites for hydroxylation is 1. The van der Waals surface area contributed by atoms with Crippen LogP contribution in [-0.4, -0.2) is 33.3 Å². The number of aliphatic hydroxyl groups excluding tert-OH is 2. The van der Waals surface area contributed by atoms with Crippen LogP contribution in [0.5, 0.6) is 0 Å². The average Bonchev–Trinajstić information content (AvgIpc) is 2.61. The number of halogens is 2. The van der Waals surface area contributed by atoms with Crippen molar-refractivity contribution in [3.8, 4) is 0 Å².